The lowest BCUT2D eigenvalue weighted by molar-refractivity contribution is 0.174. The highest BCUT2D eigenvalue weighted by Crippen LogP contribution is 2.33. The fraction of sp³-hybridized carbons (Fsp3) is 0.185. The second-order valence-electron chi connectivity index (χ2n) is 8.38. The molecule has 0 spiro atoms. The van der Waals surface area contributed by atoms with Crippen LogP contribution < -0.4 is 20.3 Å². The van der Waals surface area contributed by atoms with Crippen LogP contribution in [0.3, 0.4) is 0 Å². The molecule has 35 heavy (non-hydrogen) atoms. The van der Waals surface area contributed by atoms with Crippen LogP contribution in [0.2, 0.25) is 0 Å². The van der Waals surface area contributed by atoms with E-state index < -0.39 is 0 Å². The SMILES string of the molecule is CCc1ccc2[nH]c(=O)c(CN(Cc3ccc4c(c3)OCO4)C(=S)Nc3ccc(F)cc3)cc2c1. The zero-order valence-electron chi connectivity index (χ0n) is 19.1. The first kappa shape index (κ1) is 22.9. The number of fused-ring (bicyclic) bond motifs is 2. The van der Waals surface area contributed by atoms with E-state index >= 15 is 0 Å². The molecule has 3 aromatic carbocycles. The Balaban J connectivity index is 1.46. The second kappa shape index (κ2) is 9.76. The number of hydrogen-bond acceptors (Lipinski definition) is 4. The molecular formula is C27H24FN3O3S. The number of aryl methyl sites for hydroxylation is 1. The zero-order valence-corrected chi connectivity index (χ0v) is 20.0. The fourth-order valence-corrected chi connectivity index (χ4v) is 4.29. The molecule has 0 aliphatic carbocycles. The standard InChI is InChI=1S/C27H24FN3O3S/c1-2-17-3-9-23-19(11-17)13-20(26(32)30-23)15-31(27(35)29-22-7-5-21(28)6-8-22)14-18-4-10-24-25(12-18)34-16-33-24/h3-13H,2,14-16H2,1H3,(H,29,35)(H,30,32). The lowest BCUT2D eigenvalue weighted by Crippen LogP contribution is -2.35. The molecule has 4 aromatic rings. The summed E-state index contributed by atoms with van der Waals surface area (Å²) in [6.07, 6.45) is 0.909. The average molecular weight is 490 g/mol. The number of aromatic amines is 1. The number of pyridine rings is 1. The summed E-state index contributed by atoms with van der Waals surface area (Å²) in [5.74, 6) is 1.05. The van der Waals surface area contributed by atoms with Gasteiger partial charge in [-0.1, -0.05) is 19.1 Å². The van der Waals surface area contributed by atoms with Crippen LogP contribution in [0, 0.1) is 5.82 Å². The molecule has 5 rings (SSSR count). The van der Waals surface area contributed by atoms with Gasteiger partial charge in [0, 0.05) is 23.3 Å². The van der Waals surface area contributed by atoms with E-state index in [1.807, 2.05) is 41.3 Å². The molecule has 0 amide bonds. The van der Waals surface area contributed by atoms with E-state index in [9.17, 15) is 9.18 Å². The van der Waals surface area contributed by atoms with Gasteiger partial charge >= 0.3 is 0 Å². The van der Waals surface area contributed by atoms with Gasteiger partial charge in [-0.2, -0.15) is 0 Å². The molecular weight excluding hydrogens is 465 g/mol. The van der Waals surface area contributed by atoms with Crippen LogP contribution >= 0.6 is 12.2 Å². The summed E-state index contributed by atoms with van der Waals surface area (Å²) in [6, 6.07) is 19.7. The van der Waals surface area contributed by atoms with Gasteiger partial charge in [0.05, 0.1) is 6.54 Å². The summed E-state index contributed by atoms with van der Waals surface area (Å²) < 4.78 is 24.3. The molecule has 0 fully saturated rings. The van der Waals surface area contributed by atoms with E-state index in [0.717, 1.165) is 22.9 Å². The van der Waals surface area contributed by atoms with Gasteiger partial charge in [0.25, 0.3) is 5.56 Å². The molecule has 6 nitrogen and oxygen atoms in total. The summed E-state index contributed by atoms with van der Waals surface area (Å²) in [5.41, 5.74) is 4.03. The number of aromatic nitrogens is 1. The van der Waals surface area contributed by atoms with Crippen LogP contribution in [0.5, 0.6) is 11.5 Å². The van der Waals surface area contributed by atoms with Gasteiger partial charge in [-0.3, -0.25) is 4.79 Å². The van der Waals surface area contributed by atoms with Gasteiger partial charge in [-0.25, -0.2) is 4.39 Å². The van der Waals surface area contributed by atoms with Crippen molar-refractivity contribution in [2.24, 2.45) is 0 Å². The van der Waals surface area contributed by atoms with Gasteiger partial charge in [0.15, 0.2) is 16.6 Å². The Morgan fingerprint density at radius 1 is 1.00 bits per heavy atom. The monoisotopic (exact) mass is 489 g/mol. The van der Waals surface area contributed by atoms with Gasteiger partial charge < -0.3 is 24.7 Å². The Bertz CT molecular complexity index is 1450. The number of benzene rings is 3. The van der Waals surface area contributed by atoms with E-state index in [-0.39, 0.29) is 24.7 Å². The highest BCUT2D eigenvalue weighted by Gasteiger charge is 2.18. The molecule has 1 aliphatic rings. The molecule has 2 heterocycles. The van der Waals surface area contributed by atoms with Gasteiger partial charge in [0.2, 0.25) is 6.79 Å². The third-order valence-electron chi connectivity index (χ3n) is 5.95. The molecule has 8 heteroatoms. The minimum absolute atomic E-state index is 0.165. The Morgan fingerprint density at radius 2 is 1.77 bits per heavy atom. The first-order chi connectivity index (χ1) is 17.0. The Morgan fingerprint density at radius 3 is 2.57 bits per heavy atom. The van der Waals surface area contributed by atoms with Crippen molar-refractivity contribution in [2.75, 3.05) is 12.1 Å². The maximum atomic E-state index is 13.4. The number of H-pyrrole nitrogens is 1. The molecule has 0 radical (unpaired) electrons. The van der Waals surface area contributed by atoms with Crippen molar-refractivity contribution < 1.29 is 13.9 Å². The Kier molecular flexibility index (Phi) is 6.37. The topological polar surface area (TPSA) is 66.6 Å². The smallest absolute Gasteiger partial charge is 0.253 e. The molecule has 1 aliphatic heterocycles. The number of nitrogens with zero attached hydrogens (tertiary/aromatic N) is 1. The first-order valence-corrected chi connectivity index (χ1v) is 11.7. The molecule has 0 bridgehead atoms. The van der Waals surface area contributed by atoms with Crippen LogP contribution in [-0.4, -0.2) is 21.8 Å². The van der Waals surface area contributed by atoms with Crippen LogP contribution in [0.25, 0.3) is 10.9 Å². The number of nitrogens with one attached hydrogen (secondary N) is 2. The van der Waals surface area contributed by atoms with Crippen molar-refractivity contribution in [1.29, 1.82) is 0 Å². The zero-order chi connectivity index (χ0) is 24.4. The average Bonchev–Trinajstić information content (AvgIpc) is 3.33. The van der Waals surface area contributed by atoms with Crippen molar-refractivity contribution in [3.8, 4) is 11.5 Å². The van der Waals surface area contributed by atoms with Crippen molar-refractivity contribution in [3.05, 3.63) is 99.6 Å². The van der Waals surface area contributed by atoms with Crippen LogP contribution in [0.4, 0.5) is 10.1 Å². The summed E-state index contributed by atoms with van der Waals surface area (Å²) in [6.45, 7) is 3.00. The minimum atomic E-state index is -0.326. The summed E-state index contributed by atoms with van der Waals surface area (Å²) >= 11 is 5.72. The first-order valence-electron chi connectivity index (χ1n) is 11.3. The molecule has 178 valence electrons. The lowest BCUT2D eigenvalue weighted by atomic mass is 10.1. The molecule has 1 aromatic heterocycles. The lowest BCUT2D eigenvalue weighted by Gasteiger charge is -2.26. The Labute approximate surface area is 207 Å². The van der Waals surface area contributed by atoms with E-state index in [1.165, 1.54) is 17.7 Å². The third-order valence-corrected chi connectivity index (χ3v) is 6.31. The molecule has 0 atom stereocenters. The maximum Gasteiger partial charge on any atom is 0.253 e. The summed E-state index contributed by atoms with van der Waals surface area (Å²) in [7, 11) is 0. The predicted molar refractivity (Wildman–Crippen MR) is 138 cm³/mol. The maximum absolute atomic E-state index is 13.4. The number of thiocarbonyl (C=S) groups is 1. The highest BCUT2D eigenvalue weighted by atomic mass is 32.1. The molecule has 0 unspecified atom stereocenters. The summed E-state index contributed by atoms with van der Waals surface area (Å²) in [4.78, 5) is 17.8. The number of rotatable bonds is 6. The van der Waals surface area contributed by atoms with Crippen LogP contribution in [-0.2, 0) is 19.5 Å². The summed E-state index contributed by atoms with van der Waals surface area (Å²) in [5, 5.41) is 4.54. The largest absolute Gasteiger partial charge is 0.454 e. The Hall–Kier alpha value is -3.91. The molecule has 0 saturated carbocycles. The van der Waals surface area contributed by atoms with E-state index in [2.05, 4.69) is 23.3 Å². The third kappa shape index (κ3) is 5.12. The minimum Gasteiger partial charge on any atom is -0.454 e. The van der Waals surface area contributed by atoms with Crippen molar-refractivity contribution >= 4 is 33.9 Å². The van der Waals surface area contributed by atoms with Gasteiger partial charge in [0.1, 0.15) is 5.82 Å². The quantitative estimate of drug-likeness (QED) is 0.356. The number of hydrogen-bond donors (Lipinski definition) is 2. The predicted octanol–water partition coefficient (Wildman–Crippen LogP) is 5.36. The number of anilines is 1. The number of ether oxygens (including phenoxy) is 2. The normalized spacial score (nSPS) is 12.1. The van der Waals surface area contributed by atoms with Gasteiger partial charge in [-0.05, 0) is 89.7 Å². The van der Waals surface area contributed by atoms with Crippen LogP contribution in [0.15, 0.2) is 71.5 Å². The van der Waals surface area contributed by atoms with Crippen molar-refractivity contribution in [2.45, 2.75) is 26.4 Å². The number of halogens is 1. The van der Waals surface area contributed by atoms with E-state index in [0.29, 0.717) is 34.4 Å². The fourth-order valence-electron chi connectivity index (χ4n) is 4.04. The van der Waals surface area contributed by atoms with E-state index in [4.69, 9.17) is 21.7 Å². The highest BCUT2D eigenvalue weighted by molar-refractivity contribution is 7.80. The second-order valence-corrected chi connectivity index (χ2v) is 8.77. The van der Waals surface area contributed by atoms with Crippen LogP contribution in [0.1, 0.15) is 23.6 Å². The van der Waals surface area contributed by atoms with Crippen molar-refractivity contribution in [3.63, 3.8) is 0 Å². The van der Waals surface area contributed by atoms with E-state index in [1.54, 1.807) is 12.1 Å². The van der Waals surface area contributed by atoms with Gasteiger partial charge in [-0.15, -0.1) is 0 Å². The van der Waals surface area contributed by atoms with Crippen molar-refractivity contribution in [1.82, 2.24) is 9.88 Å². The molecule has 0 saturated heterocycles. The molecule has 2 N–H and O–H groups in total.